The summed E-state index contributed by atoms with van der Waals surface area (Å²) in [5.41, 5.74) is 3.74. The molecule has 5 heteroatoms. The number of rotatable bonds is 2. The Hall–Kier alpha value is -2.27. The van der Waals surface area contributed by atoms with Crippen molar-refractivity contribution < 1.29 is 4.92 Å². The van der Waals surface area contributed by atoms with Crippen LogP contribution in [-0.4, -0.2) is 9.91 Å². The van der Waals surface area contributed by atoms with Gasteiger partial charge in [-0.05, 0) is 31.5 Å². The third-order valence-corrected chi connectivity index (χ3v) is 4.33. The number of nitro groups is 1. The molecule has 1 heterocycles. The molecule has 0 spiro atoms. The summed E-state index contributed by atoms with van der Waals surface area (Å²) in [7, 11) is 0. The Bertz CT molecular complexity index is 824. The molecule has 4 nitrogen and oxygen atoms in total. The number of nitro benzene ring substituents is 1. The second-order valence-corrected chi connectivity index (χ2v) is 5.73. The van der Waals surface area contributed by atoms with Gasteiger partial charge in [-0.3, -0.25) is 10.1 Å². The van der Waals surface area contributed by atoms with Crippen LogP contribution in [0.5, 0.6) is 0 Å². The highest BCUT2D eigenvalue weighted by atomic mass is 32.1. The summed E-state index contributed by atoms with van der Waals surface area (Å²) in [6.07, 6.45) is 0. The molecule has 0 amide bonds. The van der Waals surface area contributed by atoms with E-state index in [0.29, 0.717) is 5.56 Å². The lowest BCUT2D eigenvalue weighted by atomic mass is 10.1. The van der Waals surface area contributed by atoms with Crippen LogP contribution < -0.4 is 0 Å². The van der Waals surface area contributed by atoms with Gasteiger partial charge in [0, 0.05) is 17.2 Å². The quantitative estimate of drug-likeness (QED) is 0.514. The third kappa shape index (κ3) is 2.06. The Morgan fingerprint density at radius 3 is 2.75 bits per heavy atom. The summed E-state index contributed by atoms with van der Waals surface area (Å²) in [5, 5.41) is 11.8. The molecule has 1 aromatic heterocycles. The largest absolute Gasteiger partial charge is 0.273 e. The fraction of sp³-hybridized carbons (Fsp3) is 0.133. The number of hydrogen-bond acceptors (Lipinski definition) is 4. The number of aromatic nitrogens is 1. The van der Waals surface area contributed by atoms with E-state index >= 15 is 0 Å². The van der Waals surface area contributed by atoms with Crippen LogP contribution in [0, 0.1) is 24.0 Å². The normalized spacial score (nSPS) is 10.9. The molecule has 0 N–H and O–H groups in total. The zero-order valence-electron chi connectivity index (χ0n) is 11.1. The van der Waals surface area contributed by atoms with E-state index in [1.165, 1.54) is 11.6 Å². The number of thiazole rings is 1. The molecule has 0 bridgehead atoms. The maximum Gasteiger partial charge on any atom is 0.273 e. The molecule has 100 valence electrons. The Balaban J connectivity index is 2.20. The first-order chi connectivity index (χ1) is 9.56. The predicted octanol–water partition coefficient (Wildman–Crippen LogP) is 4.49. The van der Waals surface area contributed by atoms with E-state index in [2.05, 4.69) is 11.1 Å². The summed E-state index contributed by atoms with van der Waals surface area (Å²) in [5.74, 6) is 0. The standard InChI is InChI=1S/C15H12N2O2S/c1-9-6-7-12-14(8-9)20-15(16-12)11-4-3-5-13(10(11)2)17(18)19/h3-8H,1-2H3. The van der Waals surface area contributed by atoms with Crippen molar-refractivity contribution in [2.45, 2.75) is 13.8 Å². The van der Waals surface area contributed by atoms with Crippen molar-refractivity contribution in [3.63, 3.8) is 0 Å². The van der Waals surface area contributed by atoms with Gasteiger partial charge >= 0.3 is 0 Å². The molecule has 2 aromatic carbocycles. The molecule has 0 unspecified atom stereocenters. The van der Waals surface area contributed by atoms with E-state index < -0.39 is 0 Å². The van der Waals surface area contributed by atoms with Crippen LogP contribution in [-0.2, 0) is 0 Å². The molecule has 20 heavy (non-hydrogen) atoms. The van der Waals surface area contributed by atoms with Crippen LogP contribution >= 0.6 is 11.3 Å². The molecule has 0 aliphatic carbocycles. The number of fused-ring (bicyclic) bond motifs is 1. The molecule has 0 radical (unpaired) electrons. The maximum absolute atomic E-state index is 11.0. The van der Waals surface area contributed by atoms with Gasteiger partial charge in [-0.15, -0.1) is 11.3 Å². The van der Waals surface area contributed by atoms with Gasteiger partial charge in [0.15, 0.2) is 0 Å². The van der Waals surface area contributed by atoms with Crippen LogP contribution in [0.25, 0.3) is 20.8 Å². The molecule has 0 fully saturated rings. The van der Waals surface area contributed by atoms with Crippen molar-refractivity contribution in [1.82, 2.24) is 4.98 Å². The Morgan fingerprint density at radius 1 is 1.20 bits per heavy atom. The molecule has 3 aromatic rings. The highest BCUT2D eigenvalue weighted by molar-refractivity contribution is 7.21. The molecular weight excluding hydrogens is 272 g/mol. The summed E-state index contributed by atoms with van der Waals surface area (Å²) < 4.78 is 1.10. The first-order valence-electron chi connectivity index (χ1n) is 6.18. The van der Waals surface area contributed by atoms with Crippen molar-refractivity contribution in [3.05, 3.63) is 57.6 Å². The Kier molecular flexibility index (Phi) is 2.99. The fourth-order valence-corrected chi connectivity index (χ4v) is 3.35. The lowest BCUT2D eigenvalue weighted by molar-refractivity contribution is -0.385. The van der Waals surface area contributed by atoms with E-state index in [-0.39, 0.29) is 10.6 Å². The first-order valence-corrected chi connectivity index (χ1v) is 6.99. The summed E-state index contributed by atoms with van der Waals surface area (Å²) >= 11 is 1.57. The molecule has 0 atom stereocenters. The molecular formula is C15H12N2O2S. The lowest BCUT2D eigenvalue weighted by Crippen LogP contribution is -1.93. The monoisotopic (exact) mass is 284 g/mol. The second kappa shape index (κ2) is 4.68. The summed E-state index contributed by atoms with van der Waals surface area (Å²) in [4.78, 5) is 15.2. The second-order valence-electron chi connectivity index (χ2n) is 4.70. The minimum Gasteiger partial charge on any atom is -0.258 e. The van der Waals surface area contributed by atoms with Gasteiger partial charge in [-0.2, -0.15) is 0 Å². The first kappa shape index (κ1) is 12.7. The zero-order chi connectivity index (χ0) is 14.3. The smallest absolute Gasteiger partial charge is 0.258 e. The predicted molar refractivity (Wildman–Crippen MR) is 81.2 cm³/mol. The van der Waals surface area contributed by atoms with Crippen LogP contribution in [0.1, 0.15) is 11.1 Å². The maximum atomic E-state index is 11.0. The van der Waals surface area contributed by atoms with Gasteiger partial charge in [0.1, 0.15) is 5.01 Å². The zero-order valence-corrected chi connectivity index (χ0v) is 11.9. The van der Waals surface area contributed by atoms with Gasteiger partial charge in [-0.25, -0.2) is 4.98 Å². The number of nitrogens with zero attached hydrogens (tertiary/aromatic N) is 2. The summed E-state index contributed by atoms with van der Waals surface area (Å²) in [6.45, 7) is 3.81. The van der Waals surface area contributed by atoms with E-state index in [1.54, 1.807) is 24.3 Å². The molecule has 0 saturated heterocycles. The van der Waals surface area contributed by atoms with Gasteiger partial charge < -0.3 is 0 Å². The topological polar surface area (TPSA) is 56.0 Å². The SMILES string of the molecule is Cc1ccc2nc(-c3cccc([N+](=O)[O-])c3C)sc2c1. The Morgan fingerprint density at radius 2 is 2.00 bits per heavy atom. The minimum absolute atomic E-state index is 0.137. The average Bonchev–Trinajstić information content (AvgIpc) is 2.81. The molecule has 3 rings (SSSR count). The number of benzene rings is 2. The number of hydrogen-bond donors (Lipinski definition) is 0. The van der Waals surface area contributed by atoms with Crippen LogP contribution in [0.3, 0.4) is 0 Å². The summed E-state index contributed by atoms with van der Waals surface area (Å²) in [6, 6.07) is 11.2. The lowest BCUT2D eigenvalue weighted by Gasteiger charge is -2.02. The van der Waals surface area contributed by atoms with E-state index in [0.717, 1.165) is 20.8 Å². The Labute approximate surface area is 119 Å². The van der Waals surface area contributed by atoms with Crippen LogP contribution in [0.15, 0.2) is 36.4 Å². The van der Waals surface area contributed by atoms with Crippen molar-refractivity contribution in [2.24, 2.45) is 0 Å². The molecule has 0 aliphatic heterocycles. The average molecular weight is 284 g/mol. The highest BCUT2D eigenvalue weighted by Gasteiger charge is 2.16. The molecule has 0 aliphatic rings. The molecule has 0 saturated carbocycles. The van der Waals surface area contributed by atoms with Gasteiger partial charge in [0.05, 0.1) is 15.1 Å². The van der Waals surface area contributed by atoms with Crippen molar-refractivity contribution >= 4 is 27.2 Å². The van der Waals surface area contributed by atoms with E-state index in [4.69, 9.17) is 0 Å². The van der Waals surface area contributed by atoms with Gasteiger partial charge in [-0.1, -0.05) is 18.2 Å². The number of aryl methyl sites for hydroxylation is 1. The van der Waals surface area contributed by atoms with Crippen molar-refractivity contribution in [1.29, 1.82) is 0 Å². The highest BCUT2D eigenvalue weighted by Crippen LogP contribution is 2.35. The van der Waals surface area contributed by atoms with Crippen LogP contribution in [0.4, 0.5) is 5.69 Å². The van der Waals surface area contributed by atoms with E-state index in [1.807, 2.05) is 25.1 Å². The minimum atomic E-state index is -0.351. The third-order valence-electron chi connectivity index (χ3n) is 3.28. The van der Waals surface area contributed by atoms with E-state index in [9.17, 15) is 10.1 Å². The van der Waals surface area contributed by atoms with Gasteiger partial charge in [0.25, 0.3) is 5.69 Å². The van der Waals surface area contributed by atoms with Crippen molar-refractivity contribution in [2.75, 3.05) is 0 Å². The van der Waals surface area contributed by atoms with Crippen molar-refractivity contribution in [3.8, 4) is 10.6 Å². The van der Waals surface area contributed by atoms with Crippen LogP contribution in [0.2, 0.25) is 0 Å². The fourth-order valence-electron chi connectivity index (χ4n) is 2.20. The van der Waals surface area contributed by atoms with Gasteiger partial charge in [0.2, 0.25) is 0 Å².